The highest BCUT2D eigenvalue weighted by Gasteiger charge is 2.28. The van der Waals surface area contributed by atoms with Gasteiger partial charge in [-0.2, -0.15) is 0 Å². The lowest BCUT2D eigenvalue weighted by Gasteiger charge is -2.17. The topological polar surface area (TPSA) is 89.7 Å². The molecule has 0 bridgehead atoms. The van der Waals surface area contributed by atoms with E-state index in [4.69, 9.17) is 9.88 Å². The molecule has 6 nitrogen and oxygen atoms in total. The largest absolute Gasteiger partial charge is 0.380 e. The van der Waals surface area contributed by atoms with Crippen molar-refractivity contribution in [2.75, 3.05) is 20.2 Å². The minimum atomic E-state index is -4.09. The molecule has 1 fully saturated rings. The van der Waals surface area contributed by atoms with Crippen molar-refractivity contribution in [1.29, 1.82) is 0 Å². The second-order valence-corrected chi connectivity index (χ2v) is 6.55. The Balaban J connectivity index is 2.37. The van der Waals surface area contributed by atoms with Gasteiger partial charge < -0.3 is 9.64 Å². The first-order chi connectivity index (χ1) is 9.74. The van der Waals surface area contributed by atoms with Crippen molar-refractivity contribution in [3.05, 3.63) is 29.1 Å². The van der Waals surface area contributed by atoms with Gasteiger partial charge in [-0.15, -0.1) is 0 Å². The zero-order valence-electron chi connectivity index (χ0n) is 11.8. The number of likely N-dealkylation sites (tertiary alicyclic amines) is 1. The van der Waals surface area contributed by atoms with Gasteiger partial charge in [-0.25, -0.2) is 17.9 Å². The molecule has 0 radical (unpaired) electrons. The van der Waals surface area contributed by atoms with Crippen molar-refractivity contribution in [2.45, 2.75) is 24.3 Å². The molecule has 1 aliphatic heterocycles. The van der Waals surface area contributed by atoms with Gasteiger partial charge >= 0.3 is 0 Å². The fraction of sp³-hybridized carbons (Fsp3) is 0.462. The first-order valence-corrected chi connectivity index (χ1v) is 7.93. The lowest BCUT2D eigenvalue weighted by Crippen LogP contribution is -2.30. The van der Waals surface area contributed by atoms with E-state index in [1.54, 1.807) is 7.11 Å². The van der Waals surface area contributed by atoms with Crippen LogP contribution < -0.4 is 5.14 Å². The Morgan fingerprint density at radius 1 is 1.48 bits per heavy atom. The molecule has 1 unspecified atom stereocenters. The Hall–Kier alpha value is -1.51. The number of primary sulfonamides is 1. The van der Waals surface area contributed by atoms with Gasteiger partial charge in [0, 0.05) is 31.3 Å². The molecule has 1 saturated heterocycles. The molecule has 2 rings (SSSR count). The maximum atomic E-state index is 13.8. The van der Waals surface area contributed by atoms with E-state index >= 15 is 0 Å². The van der Waals surface area contributed by atoms with Crippen molar-refractivity contribution in [3.63, 3.8) is 0 Å². The quantitative estimate of drug-likeness (QED) is 0.886. The van der Waals surface area contributed by atoms with Crippen LogP contribution in [0.3, 0.4) is 0 Å². The molecule has 1 amide bonds. The maximum absolute atomic E-state index is 13.8. The van der Waals surface area contributed by atoms with Crippen LogP contribution >= 0.6 is 0 Å². The van der Waals surface area contributed by atoms with Gasteiger partial charge in [0.05, 0.1) is 11.0 Å². The maximum Gasteiger partial charge on any atom is 0.254 e. The van der Waals surface area contributed by atoms with Crippen molar-refractivity contribution in [3.8, 4) is 0 Å². The summed E-state index contributed by atoms with van der Waals surface area (Å²) in [5.74, 6) is -1.20. The number of amides is 1. The van der Waals surface area contributed by atoms with Crippen LogP contribution in [-0.2, 0) is 14.8 Å². The third-order valence-corrected chi connectivity index (χ3v) is 4.65. The van der Waals surface area contributed by atoms with E-state index in [9.17, 15) is 17.6 Å². The zero-order chi connectivity index (χ0) is 15.8. The highest BCUT2D eigenvalue weighted by Crippen LogP contribution is 2.22. The Morgan fingerprint density at radius 2 is 2.14 bits per heavy atom. The first kappa shape index (κ1) is 15.9. The fourth-order valence-electron chi connectivity index (χ4n) is 2.36. The Kier molecular flexibility index (Phi) is 4.31. The Morgan fingerprint density at radius 3 is 2.67 bits per heavy atom. The predicted octanol–water partition coefficient (Wildman–Crippen LogP) is 0.642. The molecule has 116 valence electrons. The lowest BCUT2D eigenvalue weighted by molar-refractivity contribution is 0.0723. The molecule has 0 saturated carbocycles. The molecular weight excluding hydrogens is 299 g/mol. The second kappa shape index (κ2) is 5.70. The Bertz CT molecular complexity index is 675. The molecule has 1 heterocycles. The number of rotatable bonds is 3. The summed E-state index contributed by atoms with van der Waals surface area (Å²) in [4.78, 5) is 13.5. The summed E-state index contributed by atoms with van der Waals surface area (Å²) in [6.07, 6.45) is 0.639. The SMILES string of the molecule is COC1CCN(C(=O)c2cc(F)c(C)c(S(N)(=O)=O)c2)C1. The van der Waals surface area contributed by atoms with E-state index < -0.39 is 21.7 Å². The highest BCUT2D eigenvalue weighted by molar-refractivity contribution is 7.89. The predicted molar refractivity (Wildman–Crippen MR) is 73.8 cm³/mol. The van der Waals surface area contributed by atoms with Crippen LogP contribution in [0.1, 0.15) is 22.3 Å². The molecule has 21 heavy (non-hydrogen) atoms. The van der Waals surface area contributed by atoms with Crippen LogP contribution in [0.4, 0.5) is 4.39 Å². The average molecular weight is 316 g/mol. The van der Waals surface area contributed by atoms with Crippen molar-refractivity contribution < 1.29 is 22.3 Å². The van der Waals surface area contributed by atoms with E-state index in [-0.39, 0.29) is 22.1 Å². The number of carbonyl (C=O) groups excluding carboxylic acids is 1. The number of carbonyl (C=O) groups is 1. The number of nitrogens with two attached hydrogens (primary N) is 1. The fourth-order valence-corrected chi connectivity index (χ4v) is 3.18. The van der Waals surface area contributed by atoms with E-state index in [0.29, 0.717) is 19.5 Å². The van der Waals surface area contributed by atoms with Crippen LogP contribution in [0.2, 0.25) is 0 Å². The number of halogens is 1. The van der Waals surface area contributed by atoms with E-state index in [1.807, 2.05) is 0 Å². The molecule has 0 spiro atoms. The molecule has 2 N–H and O–H groups in total. The summed E-state index contributed by atoms with van der Waals surface area (Å²) in [5.41, 5.74) is -0.121. The van der Waals surface area contributed by atoms with Gasteiger partial charge in [-0.3, -0.25) is 4.79 Å². The minimum Gasteiger partial charge on any atom is -0.380 e. The number of sulfonamides is 1. The third kappa shape index (κ3) is 3.22. The smallest absolute Gasteiger partial charge is 0.254 e. The minimum absolute atomic E-state index is 0.0288. The van der Waals surface area contributed by atoms with Gasteiger partial charge in [0.2, 0.25) is 10.0 Å². The van der Waals surface area contributed by atoms with Gasteiger partial charge in [-0.05, 0) is 25.5 Å². The lowest BCUT2D eigenvalue weighted by atomic mass is 10.1. The number of benzene rings is 1. The van der Waals surface area contributed by atoms with E-state index in [2.05, 4.69) is 0 Å². The van der Waals surface area contributed by atoms with E-state index in [0.717, 1.165) is 12.1 Å². The summed E-state index contributed by atoms with van der Waals surface area (Å²) < 4.78 is 41.9. The number of ether oxygens (including phenoxy) is 1. The van der Waals surface area contributed by atoms with Gasteiger partial charge in [0.15, 0.2) is 0 Å². The van der Waals surface area contributed by atoms with Crippen LogP contribution in [0.5, 0.6) is 0 Å². The van der Waals surface area contributed by atoms with E-state index in [1.165, 1.54) is 11.8 Å². The molecule has 8 heteroatoms. The number of nitrogens with zero attached hydrogens (tertiary/aromatic N) is 1. The molecule has 1 aliphatic rings. The van der Waals surface area contributed by atoms with Gasteiger partial charge in [-0.1, -0.05) is 0 Å². The molecule has 0 aliphatic carbocycles. The van der Waals surface area contributed by atoms with Crippen molar-refractivity contribution >= 4 is 15.9 Å². The third-order valence-electron chi connectivity index (χ3n) is 3.62. The molecule has 0 aromatic heterocycles. The Labute approximate surface area is 122 Å². The summed E-state index contributed by atoms with van der Waals surface area (Å²) in [5, 5.41) is 5.05. The first-order valence-electron chi connectivity index (χ1n) is 6.39. The molecule has 1 aromatic carbocycles. The van der Waals surface area contributed by atoms with Crippen molar-refractivity contribution in [2.24, 2.45) is 5.14 Å². The van der Waals surface area contributed by atoms with Crippen LogP contribution in [0.15, 0.2) is 17.0 Å². The van der Waals surface area contributed by atoms with Crippen molar-refractivity contribution in [1.82, 2.24) is 4.90 Å². The standard InChI is InChI=1S/C13H17FN2O4S/c1-8-11(14)5-9(6-12(8)21(15,18)19)13(17)16-4-3-10(7-16)20-2/h5-6,10H,3-4,7H2,1-2H3,(H2,15,18,19). The van der Waals surface area contributed by atoms with Crippen LogP contribution in [0, 0.1) is 12.7 Å². The summed E-state index contributed by atoms with van der Waals surface area (Å²) in [6.45, 7) is 2.19. The van der Waals surface area contributed by atoms with Crippen LogP contribution in [-0.4, -0.2) is 45.5 Å². The van der Waals surface area contributed by atoms with Crippen LogP contribution in [0.25, 0.3) is 0 Å². The second-order valence-electron chi connectivity index (χ2n) is 5.02. The number of hydrogen-bond donors (Lipinski definition) is 1. The summed E-state index contributed by atoms with van der Waals surface area (Å²) in [6, 6.07) is 2.16. The molecular formula is C13H17FN2O4S. The molecule has 1 atom stereocenters. The monoisotopic (exact) mass is 316 g/mol. The summed E-state index contributed by atoms with van der Waals surface area (Å²) in [7, 11) is -2.53. The average Bonchev–Trinajstić information content (AvgIpc) is 2.88. The van der Waals surface area contributed by atoms with Gasteiger partial charge in [0.25, 0.3) is 5.91 Å². The zero-order valence-corrected chi connectivity index (χ0v) is 12.6. The number of hydrogen-bond acceptors (Lipinski definition) is 4. The molecule has 1 aromatic rings. The highest BCUT2D eigenvalue weighted by atomic mass is 32.2. The normalized spacial score (nSPS) is 19.0. The van der Waals surface area contributed by atoms with Gasteiger partial charge in [0.1, 0.15) is 5.82 Å². The number of methoxy groups -OCH3 is 1. The summed E-state index contributed by atoms with van der Waals surface area (Å²) >= 11 is 0.